The lowest BCUT2D eigenvalue weighted by molar-refractivity contribution is -0.143. The molecule has 0 aliphatic heterocycles. The zero-order chi connectivity index (χ0) is 16.2. The fraction of sp³-hybridized carbons (Fsp3) is 0.692. The smallest absolute Gasteiger partial charge is 0.380 e. The zero-order valence-corrected chi connectivity index (χ0v) is 13.8. The largest absolute Gasteiger partial charge is 0.408 e. The Morgan fingerprint density at radius 2 is 1.95 bits per heavy atom. The van der Waals surface area contributed by atoms with Gasteiger partial charge in [-0.25, -0.2) is 4.68 Å². The predicted molar refractivity (Wildman–Crippen MR) is 79.4 cm³/mol. The van der Waals surface area contributed by atoms with Crippen molar-refractivity contribution in [1.82, 2.24) is 9.78 Å². The summed E-state index contributed by atoms with van der Waals surface area (Å²) in [6.45, 7) is 4.72. The van der Waals surface area contributed by atoms with E-state index in [1.165, 1.54) is 6.20 Å². The maximum absolute atomic E-state index is 12.3. The van der Waals surface area contributed by atoms with Gasteiger partial charge in [-0.2, -0.15) is 18.3 Å². The lowest BCUT2D eigenvalue weighted by Gasteiger charge is -2.24. The average molecular weight is 370 g/mol. The second-order valence-corrected chi connectivity index (χ2v) is 5.75. The van der Waals surface area contributed by atoms with Crippen molar-refractivity contribution in [3.05, 3.63) is 21.0 Å². The van der Waals surface area contributed by atoms with Gasteiger partial charge in [0, 0.05) is 6.04 Å². The van der Waals surface area contributed by atoms with E-state index in [0.717, 1.165) is 12.8 Å². The highest BCUT2D eigenvalue weighted by molar-refractivity contribution is 9.10. The van der Waals surface area contributed by atoms with Crippen LogP contribution in [0.5, 0.6) is 0 Å². The normalized spacial score (nSPS) is 13.5. The second-order valence-electron chi connectivity index (χ2n) is 4.96. The van der Waals surface area contributed by atoms with Gasteiger partial charge in [0.1, 0.15) is 11.0 Å². The Hall–Kier alpha value is -1.05. The third-order valence-electron chi connectivity index (χ3n) is 3.45. The number of nitrogens with one attached hydrogen (secondary N) is 1. The Balaban J connectivity index is 2.97. The van der Waals surface area contributed by atoms with Crippen LogP contribution in [0.3, 0.4) is 0 Å². The van der Waals surface area contributed by atoms with Crippen molar-refractivity contribution in [3.63, 3.8) is 0 Å². The van der Waals surface area contributed by atoms with Crippen molar-refractivity contribution >= 4 is 21.6 Å². The van der Waals surface area contributed by atoms with Gasteiger partial charge in [0.25, 0.3) is 5.56 Å². The molecular weight excluding hydrogens is 351 g/mol. The van der Waals surface area contributed by atoms with E-state index in [4.69, 9.17) is 0 Å². The molecule has 0 fully saturated rings. The molecule has 4 nitrogen and oxygen atoms in total. The van der Waals surface area contributed by atoms with Gasteiger partial charge in [-0.15, -0.1) is 0 Å². The molecule has 1 aromatic rings. The summed E-state index contributed by atoms with van der Waals surface area (Å²) in [6.07, 6.45) is -1.29. The van der Waals surface area contributed by atoms with Gasteiger partial charge in [0.2, 0.25) is 0 Å². The minimum Gasteiger partial charge on any atom is -0.380 e. The monoisotopic (exact) mass is 369 g/mol. The summed E-state index contributed by atoms with van der Waals surface area (Å²) in [5.41, 5.74) is -0.383. The van der Waals surface area contributed by atoms with Crippen LogP contribution >= 0.6 is 15.9 Å². The Morgan fingerprint density at radius 3 is 2.43 bits per heavy atom. The molecule has 0 saturated heterocycles. The van der Waals surface area contributed by atoms with Crippen LogP contribution in [-0.2, 0) is 6.54 Å². The Labute approximate surface area is 129 Å². The summed E-state index contributed by atoms with van der Waals surface area (Å²) < 4.78 is 37.5. The molecule has 0 radical (unpaired) electrons. The molecule has 1 aromatic heterocycles. The third-order valence-corrected chi connectivity index (χ3v) is 4.22. The molecule has 1 atom stereocenters. The average Bonchev–Trinajstić information content (AvgIpc) is 2.38. The molecule has 0 aliphatic carbocycles. The standard InChI is InChI=1S/C13H19BrF3N3O/c1-4-9(5-2)8(3)19-10-6-18-20(7-13(15,16)17)12(21)11(10)14/h6,8-9,19H,4-5,7H2,1-3H3. The minimum atomic E-state index is -4.48. The van der Waals surface area contributed by atoms with E-state index in [1.807, 2.05) is 6.92 Å². The maximum atomic E-state index is 12.3. The van der Waals surface area contributed by atoms with E-state index in [-0.39, 0.29) is 10.5 Å². The summed E-state index contributed by atoms with van der Waals surface area (Å²) in [4.78, 5) is 11.9. The molecule has 1 rings (SSSR count). The molecular formula is C13H19BrF3N3O. The summed E-state index contributed by atoms with van der Waals surface area (Å²) in [6, 6.07) is 0.0935. The van der Waals surface area contributed by atoms with E-state index in [0.29, 0.717) is 16.3 Å². The van der Waals surface area contributed by atoms with Gasteiger partial charge in [-0.3, -0.25) is 4.79 Å². The number of hydrogen-bond donors (Lipinski definition) is 1. The van der Waals surface area contributed by atoms with Gasteiger partial charge in [-0.05, 0) is 28.8 Å². The van der Waals surface area contributed by atoms with Crippen LogP contribution in [0.25, 0.3) is 0 Å². The molecule has 1 N–H and O–H groups in total. The van der Waals surface area contributed by atoms with Crippen molar-refractivity contribution in [2.45, 2.75) is 52.4 Å². The number of nitrogens with zero attached hydrogens (tertiary/aromatic N) is 2. The lowest BCUT2D eigenvalue weighted by atomic mass is 9.95. The molecule has 1 heterocycles. The van der Waals surface area contributed by atoms with E-state index in [9.17, 15) is 18.0 Å². The van der Waals surface area contributed by atoms with Crippen molar-refractivity contribution in [3.8, 4) is 0 Å². The number of rotatable bonds is 6. The molecule has 0 saturated carbocycles. The molecule has 120 valence electrons. The predicted octanol–water partition coefficient (Wildman–Crippen LogP) is 3.80. The van der Waals surface area contributed by atoms with E-state index in [1.54, 1.807) is 0 Å². The highest BCUT2D eigenvalue weighted by atomic mass is 79.9. The number of halogens is 4. The first kappa shape index (κ1) is 18.0. The zero-order valence-electron chi connectivity index (χ0n) is 12.2. The Morgan fingerprint density at radius 1 is 1.38 bits per heavy atom. The minimum absolute atomic E-state index is 0.0690. The van der Waals surface area contributed by atoms with Gasteiger partial charge in [0.15, 0.2) is 0 Å². The van der Waals surface area contributed by atoms with Crippen LogP contribution in [0.4, 0.5) is 18.9 Å². The lowest BCUT2D eigenvalue weighted by Crippen LogP contribution is -2.32. The molecule has 8 heteroatoms. The summed E-state index contributed by atoms with van der Waals surface area (Å²) in [5, 5.41) is 6.72. The van der Waals surface area contributed by atoms with Crippen molar-refractivity contribution in [1.29, 1.82) is 0 Å². The first-order chi connectivity index (χ1) is 9.69. The Bertz CT molecular complexity index is 526. The van der Waals surface area contributed by atoms with Crippen LogP contribution < -0.4 is 10.9 Å². The number of alkyl halides is 3. The molecule has 0 spiro atoms. The highest BCUT2D eigenvalue weighted by Gasteiger charge is 2.29. The second kappa shape index (κ2) is 7.29. The fourth-order valence-corrected chi connectivity index (χ4v) is 2.63. The van der Waals surface area contributed by atoms with Crippen LogP contribution in [0.2, 0.25) is 0 Å². The van der Waals surface area contributed by atoms with Gasteiger partial charge < -0.3 is 5.32 Å². The van der Waals surface area contributed by atoms with Crippen LogP contribution in [-0.4, -0.2) is 22.0 Å². The van der Waals surface area contributed by atoms with Gasteiger partial charge in [-0.1, -0.05) is 26.7 Å². The Kier molecular flexibility index (Phi) is 6.24. The molecule has 0 bridgehead atoms. The van der Waals surface area contributed by atoms with Crippen molar-refractivity contribution < 1.29 is 13.2 Å². The third kappa shape index (κ3) is 5.01. The van der Waals surface area contributed by atoms with E-state index < -0.39 is 18.3 Å². The quantitative estimate of drug-likeness (QED) is 0.829. The fourth-order valence-electron chi connectivity index (χ4n) is 2.21. The molecule has 0 amide bonds. The SMILES string of the molecule is CCC(CC)C(C)Nc1cnn(CC(F)(F)F)c(=O)c1Br. The maximum Gasteiger partial charge on any atom is 0.408 e. The molecule has 0 aromatic carbocycles. The highest BCUT2D eigenvalue weighted by Crippen LogP contribution is 2.23. The molecule has 21 heavy (non-hydrogen) atoms. The number of anilines is 1. The summed E-state index contributed by atoms with van der Waals surface area (Å²) >= 11 is 3.06. The van der Waals surface area contributed by atoms with Crippen LogP contribution in [0.1, 0.15) is 33.6 Å². The van der Waals surface area contributed by atoms with E-state index in [2.05, 4.69) is 40.2 Å². The van der Waals surface area contributed by atoms with Crippen molar-refractivity contribution in [2.75, 3.05) is 5.32 Å². The molecule has 1 unspecified atom stereocenters. The van der Waals surface area contributed by atoms with Gasteiger partial charge >= 0.3 is 6.18 Å². The number of aromatic nitrogens is 2. The van der Waals surface area contributed by atoms with Crippen LogP contribution in [0, 0.1) is 5.92 Å². The number of hydrogen-bond acceptors (Lipinski definition) is 3. The first-order valence-corrected chi connectivity index (χ1v) is 7.57. The van der Waals surface area contributed by atoms with Crippen molar-refractivity contribution in [2.24, 2.45) is 5.92 Å². The van der Waals surface area contributed by atoms with Crippen LogP contribution in [0.15, 0.2) is 15.5 Å². The van der Waals surface area contributed by atoms with E-state index >= 15 is 0 Å². The summed E-state index contributed by atoms with van der Waals surface area (Å²) in [5.74, 6) is 0.412. The van der Waals surface area contributed by atoms with Gasteiger partial charge in [0.05, 0.1) is 11.9 Å². The topological polar surface area (TPSA) is 46.9 Å². The first-order valence-electron chi connectivity index (χ1n) is 6.78. The summed E-state index contributed by atoms with van der Waals surface area (Å²) in [7, 11) is 0. The molecule has 0 aliphatic rings.